The molecule has 0 radical (unpaired) electrons. The summed E-state index contributed by atoms with van der Waals surface area (Å²) >= 11 is 1.45. The SMILES string of the molecule is O=C(NC[C@H](O)c1ccc(F)c(F)c1)c1cc(-c2cccs2)on1. The highest BCUT2D eigenvalue weighted by Crippen LogP contribution is 2.25. The van der Waals surface area contributed by atoms with E-state index in [0.29, 0.717) is 5.76 Å². The zero-order chi connectivity index (χ0) is 17.1. The monoisotopic (exact) mass is 350 g/mol. The van der Waals surface area contributed by atoms with Crippen LogP contribution < -0.4 is 5.32 Å². The Morgan fingerprint density at radius 3 is 2.83 bits per heavy atom. The van der Waals surface area contributed by atoms with Crippen molar-refractivity contribution in [1.82, 2.24) is 10.5 Å². The number of aliphatic hydroxyl groups is 1. The van der Waals surface area contributed by atoms with Gasteiger partial charge in [0.2, 0.25) is 0 Å². The minimum atomic E-state index is -1.17. The van der Waals surface area contributed by atoms with Crippen molar-refractivity contribution >= 4 is 17.2 Å². The van der Waals surface area contributed by atoms with Crippen LogP contribution in [0, 0.1) is 11.6 Å². The Morgan fingerprint density at radius 1 is 1.29 bits per heavy atom. The van der Waals surface area contributed by atoms with Gasteiger partial charge in [0.05, 0.1) is 11.0 Å². The number of hydrogen-bond acceptors (Lipinski definition) is 5. The van der Waals surface area contributed by atoms with Gasteiger partial charge in [-0.25, -0.2) is 8.78 Å². The number of aliphatic hydroxyl groups excluding tert-OH is 1. The summed E-state index contributed by atoms with van der Waals surface area (Å²) in [5, 5.41) is 18.0. The van der Waals surface area contributed by atoms with Crippen molar-refractivity contribution < 1.29 is 23.2 Å². The molecular formula is C16H12F2N2O3S. The summed E-state index contributed by atoms with van der Waals surface area (Å²) in [6, 6.07) is 8.23. The highest BCUT2D eigenvalue weighted by molar-refractivity contribution is 7.13. The van der Waals surface area contributed by atoms with E-state index in [1.165, 1.54) is 23.5 Å². The molecule has 2 N–H and O–H groups in total. The number of thiophene rings is 1. The maximum absolute atomic E-state index is 13.1. The standard InChI is InChI=1S/C16H12F2N2O3S/c17-10-4-3-9(6-11(10)18)13(21)8-19-16(22)12-7-14(23-20-12)15-2-1-5-24-15/h1-7,13,21H,8H2,(H,19,22)/t13-/m0/s1. The largest absolute Gasteiger partial charge is 0.387 e. The second-order valence-electron chi connectivity index (χ2n) is 4.95. The van der Waals surface area contributed by atoms with Crippen LogP contribution in [-0.2, 0) is 0 Å². The van der Waals surface area contributed by atoms with Crippen molar-refractivity contribution in [1.29, 1.82) is 0 Å². The van der Waals surface area contributed by atoms with Crippen LogP contribution in [0.15, 0.2) is 46.3 Å². The second-order valence-corrected chi connectivity index (χ2v) is 5.90. The predicted molar refractivity (Wildman–Crippen MR) is 83.5 cm³/mol. The van der Waals surface area contributed by atoms with Gasteiger partial charge in [0.1, 0.15) is 0 Å². The Kier molecular flexibility index (Phi) is 4.68. The summed E-state index contributed by atoms with van der Waals surface area (Å²) in [7, 11) is 0. The van der Waals surface area contributed by atoms with E-state index in [1.807, 2.05) is 17.5 Å². The molecule has 0 aliphatic carbocycles. The van der Waals surface area contributed by atoms with Crippen molar-refractivity contribution in [2.75, 3.05) is 6.54 Å². The number of aromatic nitrogens is 1. The third-order valence-corrected chi connectivity index (χ3v) is 4.18. The summed E-state index contributed by atoms with van der Waals surface area (Å²) in [4.78, 5) is 12.8. The fourth-order valence-corrected chi connectivity index (χ4v) is 2.71. The van der Waals surface area contributed by atoms with Crippen LogP contribution in [0.4, 0.5) is 8.78 Å². The van der Waals surface area contributed by atoms with E-state index in [0.717, 1.165) is 17.0 Å². The van der Waals surface area contributed by atoms with Crippen LogP contribution in [0.5, 0.6) is 0 Å². The van der Waals surface area contributed by atoms with Gasteiger partial charge in [-0.2, -0.15) is 0 Å². The summed E-state index contributed by atoms with van der Waals surface area (Å²) in [6.45, 7) is -0.175. The molecule has 3 aromatic rings. The van der Waals surface area contributed by atoms with Gasteiger partial charge in [-0.1, -0.05) is 17.3 Å². The van der Waals surface area contributed by atoms with Crippen LogP contribution in [0.1, 0.15) is 22.2 Å². The van der Waals surface area contributed by atoms with E-state index < -0.39 is 23.6 Å². The van der Waals surface area contributed by atoms with Gasteiger partial charge in [0, 0.05) is 12.6 Å². The van der Waals surface area contributed by atoms with Crippen molar-refractivity contribution in [2.24, 2.45) is 0 Å². The van der Waals surface area contributed by atoms with Crippen LogP contribution in [0.2, 0.25) is 0 Å². The number of carbonyl (C=O) groups excluding carboxylic acids is 1. The molecule has 0 saturated carbocycles. The fourth-order valence-electron chi connectivity index (χ4n) is 2.03. The third kappa shape index (κ3) is 3.50. The first-order chi connectivity index (χ1) is 11.5. The normalized spacial score (nSPS) is 12.1. The van der Waals surface area contributed by atoms with Gasteiger partial charge in [0.15, 0.2) is 23.1 Å². The summed E-state index contributed by atoms with van der Waals surface area (Å²) in [6.07, 6.45) is -1.17. The number of nitrogens with one attached hydrogen (secondary N) is 1. The van der Waals surface area contributed by atoms with E-state index in [-0.39, 0.29) is 17.8 Å². The van der Waals surface area contributed by atoms with E-state index in [1.54, 1.807) is 0 Å². The Hall–Kier alpha value is -2.58. The molecule has 0 unspecified atom stereocenters. The molecule has 124 valence electrons. The topological polar surface area (TPSA) is 75.4 Å². The van der Waals surface area contributed by atoms with Gasteiger partial charge in [0.25, 0.3) is 5.91 Å². The summed E-state index contributed by atoms with van der Waals surface area (Å²) < 4.78 is 31.1. The van der Waals surface area contributed by atoms with E-state index in [9.17, 15) is 18.7 Å². The van der Waals surface area contributed by atoms with Gasteiger partial charge in [-0.15, -0.1) is 11.3 Å². The lowest BCUT2D eigenvalue weighted by atomic mass is 10.1. The number of hydrogen-bond donors (Lipinski definition) is 2. The lowest BCUT2D eigenvalue weighted by molar-refractivity contribution is 0.0907. The molecule has 0 spiro atoms. The number of rotatable bonds is 5. The molecule has 0 bridgehead atoms. The Balaban J connectivity index is 1.62. The molecule has 1 amide bonds. The zero-order valence-corrected chi connectivity index (χ0v) is 13.0. The molecule has 0 aliphatic rings. The van der Waals surface area contributed by atoms with Crippen LogP contribution >= 0.6 is 11.3 Å². The molecule has 0 saturated heterocycles. The average Bonchev–Trinajstić information content (AvgIpc) is 3.25. The first kappa shape index (κ1) is 16.3. The van der Waals surface area contributed by atoms with E-state index in [4.69, 9.17) is 4.52 Å². The first-order valence-electron chi connectivity index (χ1n) is 6.96. The molecule has 0 aliphatic heterocycles. The summed E-state index contributed by atoms with van der Waals surface area (Å²) in [5.74, 6) is -2.13. The molecule has 8 heteroatoms. The summed E-state index contributed by atoms with van der Waals surface area (Å²) in [5.41, 5.74) is 0.226. The van der Waals surface area contributed by atoms with Crippen LogP contribution in [-0.4, -0.2) is 22.7 Å². The molecule has 1 atom stereocenters. The van der Waals surface area contributed by atoms with Gasteiger partial charge in [-0.3, -0.25) is 4.79 Å². The van der Waals surface area contributed by atoms with E-state index in [2.05, 4.69) is 10.5 Å². The van der Waals surface area contributed by atoms with Gasteiger partial charge in [-0.05, 0) is 29.1 Å². The predicted octanol–water partition coefficient (Wildman–Crippen LogP) is 3.14. The molecule has 5 nitrogen and oxygen atoms in total. The van der Waals surface area contributed by atoms with Crippen LogP contribution in [0.25, 0.3) is 10.6 Å². The highest BCUT2D eigenvalue weighted by atomic mass is 32.1. The maximum Gasteiger partial charge on any atom is 0.273 e. The van der Waals surface area contributed by atoms with Crippen LogP contribution in [0.3, 0.4) is 0 Å². The quantitative estimate of drug-likeness (QED) is 0.741. The van der Waals surface area contributed by atoms with Gasteiger partial charge >= 0.3 is 0 Å². The van der Waals surface area contributed by atoms with E-state index >= 15 is 0 Å². The van der Waals surface area contributed by atoms with Crippen molar-refractivity contribution in [3.8, 4) is 10.6 Å². The second kappa shape index (κ2) is 6.90. The van der Waals surface area contributed by atoms with Crippen molar-refractivity contribution in [3.63, 3.8) is 0 Å². The number of nitrogens with zero attached hydrogens (tertiary/aromatic N) is 1. The van der Waals surface area contributed by atoms with Crippen molar-refractivity contribution in [3.05, 3.63) is 64.7 Å². The molecule has 0 fully saturated rings. The van der Waals surface area contributed by atoms with Crippen molar-refractivity contribution in [2.45, 2.75) is 6.10 Å². The molecule has 24 heavy (non-hydrogen) atoms. The third-order valence-electron chi connectivity index (χ3n) is 3.29. The minimum absolute atomic E-state index is 0.0656. The lowest BCUT2D eigenvalue weighted by Gasteiger charge is -2.11. The maximum atomic E-state index is 13.1. The molecule has 2 aromatic heterocycles. The Morgan fingerprint density at radius 2 is 2.12 bits per heavy atom. The Bertz CT molecular complexity index is 849. The number of benzene rings is 1. The highest BCUT2D eigenvalue weighted by Gasteiger charge is 2.16. The number of carbonyl (C=O) groups is 1. The smallest absolute Gasteiger partial charge is 0.273 e. The molecule has 1 aromatic carbocycles. The lowest BCUT2D eigenvalue weighted by Crippen LogP contribution is -2.28. The molecule has 3 rings (SSSR count). The number of halogens is 2. The molecule has 2 heterocycles. The average molecular weight is 350 g/mol. The van der Waals surface area contributed by atoms with Gasteiger partial charge < -0.3 is 14.9 Å². The molecular weight excluding hydrogens is 338 g/mol. The number of amides is 1. The minimum Gasteiger partial charge on any atom is -0.387 e. The fraction of sp³-hybridized carbons (Fsp3) is 0.125. The Labute approximate surface area is 139 Å². The zero-order valence-electron chi connectivity index (χ0n) is 12.2. The first-order valence-corrected chi connectivity index (χ1v) is 7.84.